The smallest absolute Gasteiger partial charge is 0.252 e. The summed E-state index contributed by atoms with van der Waals surface area (Å²) in [6.07, 6.45) is 27.6. The first-order valence-electron chi connectivity index (χ1n) is 42.7. The predicted octanol–water partition coefficient (Wildman–Crippen LogP) is 9.59. The van der Waals surface area contributed by atoms with Gasteiger partial charge in [-0.2, -0.15) is 63.2 Å². The van der Waals surface area contributed by atoms with E-state index in [-0.39, 0.29) is 12.1 Å². The van der Waals surface area contributed by atoms with Crippen molar-refractivity contribution in [1.29, 1.82) is 0 Å². The van der Waals surface area contributed by atoms with E-state index < -0.39 is 30.1 Å². The van der Waals surface area contributed by atoms with Crippen LogP contribution in [-0.2, 0) is 58.3 Å². The number of thioether (sulfide) groups is 1. The fourth-order valence-electron chi connectivity index (χ4n) is 16.6. The number of rotatable bonds is 25. The number of fused-ring (bicyclic) bond motifs is 6. The topological polar surface area (TPSA) is 451 Å². The van der Waals surface area contributed by atoms with E-state index in [0.717, 1.165) is 177 Å². The number of aryl methyl sites for hydroxylation is 8. The molecule has 0 saturated carbocycles. The number of nitrogens with one attached hydrogen (secondary N) is 6. The molecule has 0 aliphatic carbocycles. The van der Waals surface area contributed by atoms with Gasteiger partial charge in [-0.1, -0.05) is 0 Å². The quantitative estimate of drug-likeness (QED) is 0.0247. The second-order valence-electron chi connectivity index (χ2n) is 33.7. The molecule has 0 aromatic carbocycles. The van der Waals surface area contributed by atoms with Crippen LogP contribution in [0.15, 0.2) is 141 Å². The maximum Gasteiger partial charge on any atom is 0.252 e. The molecule has 0 radical (unpaired) electrons. The van der Waals surface area contributed by atoms with Crippen LogP contribution in [0.4, 0.5) is 60.7 Å². The summed E-state index contributed by atoms with van der Waals surface area (Å²) in [6.45, 7) is 14.2. The summed E-state index contributed by atoms with van der Waals surface area (Å²) in [5.41, 5.74) is 25.4. The molecule has 132 heavy (non-hydrogen) atoms. The van der Waals surface area contributed by atoms with E-state index in [4.69, 9.17) is 31.4 Å². The van der Waals surface area contributed by atoms with Crippen LogP contribution in [0.25, 0.3) is 67.1 Å². The van der Waals surface area contributed by atoms with E-state index in [0.29, 0.717) is 92.7 Å². The highest BCUT2D eigenvalue weighted by atomic mass is 32.3. The summed E-state index contributed by atoms with van der Waals surface area (Å²) >= 11 is 6.88. The number of anilines is 11. The molecular weight excluding hydrogens is 1840 g/mol. The first kappa shape index (κ1) is 91.1. The highest BCUT2D eigenvalue weighted by molar-refractivity contribution is 8.00. The van der Waals surface area contributed by atoms with Crippen LogP contribution in [0.3, 0.4) is 0 Å². The van der Waals surface area contributed by atoms with Crippen molar-refractivity contribution in [1.82, 2.24) is 125 Å². The molecule has 21 heterocycles. The summed E-state index contributed by atoms with van der Waals surface area (Å²) in [5.74, 6) is 5.49. The number of piperazine rings is 1. The van der Waals surface area contributed by atoms with Gasteiger partial charge in [-0.15, -0.1) is 45.8 Å². The predicted molar refractivity (Wildman–Crippen MR) is 519 cm³/mol. The standard InChI is InChI=1S/C22H27N9O2S2.C22H29N9O2S2.C21H27N9O2S2.C18H20N8S2/c1-13-5-20(34-22(13)35(32,33)28(2)3)26-19-7-18(30-12-15-6-16(30)9-23-15)27-21-17(10-25-31(19)21)14-8-24-29(4)11-14;1-14-8-20(34-22(14)35(32,33)28(2)3)26-19-9-18(30-7-5-6-16(30)10-23)27-21-17(12-25-31(19)21)15-11-24-29(4)13-15;1-13-7-19(33-21(13)34(31,32)27(2)3)25-18-8-17(29-6-5-15(29)9-22)26-20-16(11-24-30(18)20)14-10-23-28(4)12-14;1-11-5-17(28-24-11)22-15-6-16(27-13-3-4-19-8-13)23-18-14(9-21-26(15)18)12-7-20-25(2)10-12/h5,7-8,10-11,15-16,23,26H,6,9,12H2,1-4H3;8-9,11-13,16,26H,5-7,10,23H2,1-4H3;7-8,10-12,15,25H,5-6,9,22H2,1-4H3;5-7,9-10,13,19,22H,3-4,8H2,1-2H3/t15-,16-;16-;;/m01../s1. The zero-order valence-electron chi connectivity index (χ0n) is 75.1. The minimum Gasteiger partial charge on any atom is -0.352 e. The van der Waals surface area contributed by atoms with Crippen LogP contribution >= 0.6 is 57.3 Å². The van der Waals surface area contributed by atoms with Crippen LogP contribution in [-0.4, -0.2) is 264 Å². The van der Waals surface area contributed by atoms with Gasteiger partial charge in [-0.3, -0.25) is 18.7 Å². The van der Waals surface area contributed by atoms with Crippen molar-refractivity contribution in [2.24, 2.45) is 39.7 Å². The summed E-state index contributed by atoms with van der Waals surface area (Å²) in [6, 6.07) is 16.9. The SMILES string of the molecule is Cc1cc(Nc2cc(N3CCC3CN)nc3c(-c4cnn(C)c4)cnn23)sc1S(=O)(=O)N(C)C.Cc1cc(Nc2cc(N3CCC[C@@H]3CN)nc3c(-c4cnn(C)c4)cnn23)sc1S(=O)(=O)N(C)C.Cc1cc(Nc2cc(N3C[C@@H]4C[C@H]3CN4)nc3c(-c4cnn(C)c4)cnn23)sc1S(=O)(=O)N(C)C.Cc1cc(Nc2cc(SC3CCNC3)nc3c(-c4cnn(C)c4)cnn23)sn1. The molecular formula is C83H103N35O6S8. The Labute approximate surface area is 782 Å². The van der Waals surface area contributed by atoms with Gasteiger partial charge in [0.15, 0.2) is 22.6 Å². The Hall–Kier alpha value is -11.4. The van der Waals surface area contributed by atoms with Gasteiger partial charge in [0.05, 0.1) is 70.3 Å². The van der Waals surface area contributed by atoms with Crippen molar-refractivity contribution in [3.63, 3.8) is 0 Å². The highest BCUT2D eigenvalue weighted by Gasteiger charge is 2.40. The first-order chi connectivity index (χ1) is 63.2. The van der Waals surface area contributed by atoms with E-state index in [2.05, 4.69) is 97.8 Å². The van der Waals surface area contributed by atoms with Crippen molar-refractivity contribution in [2.75, 3.05) is 131 Å². The molecule has 41 nitrogen and oxygen atoms in total. The highest BCUT2D eigenvalue weighted by Crippen LogP contribution is 2.43. The molecule has 49 heteroatoms. The van der Waals surface area contributed by atoms with Gasteiger partial charge in [0.2, 0.25) is 0 Å². The summed E-state index contributed by atoms with van der Waals surface area (Å²) < 4.78 is 99.6. The van der Waals surface area contributed by atoms with Crippen molar-refractivity contribution < 1.29 is 25.3 Å². The molecule has 0 amide bonds. The molecule has 0 spiro atoms. The summed E-state index contributed by atoms with van der Waals surface area (Å²) in [5, 5.41) is 60.9. The van der Waals surface area contributed by atoms with Crippen molar-refractivity contribution in [2.45, 2.75) is 107 Å². The van der Waals surface area contributed by atoms with Gasteiger partial charge in [0, 0.05) is 239 Å². The zero-order chi connectivity index (χ0) is 92.7. The number of hydrogen-bond acceptors (Lipinski definition) is 35. The zero-order valence-corrected chi connectivity index (χ0v) is 81.6. The third kappa shape index (κ3) is 18.1. The second kappa shape index (κ2) is 36.9. The molecule has 21 rings (SSSR count). The lowest BCUT2D eigenvalue weighted by molar-refractivity contribution is 0.452. The maximum absolute atomic E-state index is 12.8. The Kier molecular flexibility index (Phi) is 25.4. The van der Waals surface area contributed by atoms with Crippen molar-refractivity contribution in [3.05, 3.63) is 145 Å². The molecule has 16 aromatic rings. The van der Waals surface area contributed by atoms with E-state index in [1.807, 2.05) is 138 Å². The van der Waals surface area contributed by atoms with Crippen molar-refractivity contribution >= 4 is 171 Å². The van der Waals surface area contributed by atoms with Crippen LogP contribution in [0, 0.1) is 27.7 Å². The Bertz CT molecular complexity index is 7110. The number of sulfonamides is 3. The molecule has 5 fully saturated rings. The first-order valence-corrected chi connectivity index (χ1v) is 51.1. The molecule has 5 aliphatic heterocycles. The Morgan fingerprint density at radius 3 is 1.17 bits per heavy atom. The third-order valence-corrected chi connectivity index (χ3v) is 36.3. The van der Waals surface area contributed by atoms with Gasteiger partial charge in [-0.05, 0) is 119 Å². The number of nitrogens with two attached hydrogens (primary N) is 2. The maximum atomic E-state index is 12.8. The molecule has 5 saturated heterocycles. The Morgan fingerprint density at radius 2 is 0.841 bits per heavy atom. The van der Waals surface area contributed by atoms with E-state index in [1.165, 1.54) is 86.6 Å². The second-order valence-corrected chi connectivity index (χ2v) is 46.0. The number of nitrogens with zero attached hydrogens (tertiary/aromatic N) is 27. The fraction of sp³-hybridized carbons (Fsp3) is 0.386. The number of thiophene rings is 3. The fourth-order valence-corrected chi connectivity index (χ4v) is 26.6. The Balaban J connectivity index is 0.000000118. The lowest BCUT2D eigenvalue weighted by atomic mass is 10.0. The van der Waals surface area contributed by atoms with E-state index in [9.17, 15) is 25.3 Å². The third-order valence-electron chi connectivity index (χ3n) is 23.6. The van der Waals surface area contributed by atoms with Crippen LogP contribution in [0.2, 0.25) is 0 Å². The number of aromatic nitrogens is 21. The minimum atomic E-state index is -3.54. The van der Waals surface area contributed by atoms with Gasteiger partial charge in [0.25, 0.3) is 30.1 Å². The van der Waals surface area contributed by atoms with Crippen LogP contribution in [0.1, 0.15) is 54.5 Å². The van der Waals surface area contributed by atoms with Gasteiger partial charge in [0.1, 0.15) is 63.4 Å². The average molecular weight is 1940 g/mol. The van der Waals surface area contributed by atoms with Crippen molar-refractivity contribution in [3.8, 4) is 44.5 Å². The van der Waals surface area contributed by atoms with Gasteiger partial charge in [-0.25, -0.2) is 58.1 Å². The minimum absolute atomic E-state index is 0.225. The molecule has 16 aromatic heterocycles. The molecule has 10 N–H and O–H groups in total. The summed E-state index contributed by atoms with van der Waals surface area (Å²) in [7, 11) is 6.16. The van der Waals surface area contributed by atoms with Crippen LogP contribution < -0.4 is 58.1 Å². The molecule has 5 aliphatic rings. The Morgan fingerprint density at radius 1 is 0.455 bits per heavy atom. The normalized spacial score (nSPS) is 17.5. The van der Waals surface area contributed by atoms with E-state index in [1.54, 1.807) is 97.4 Å². The number of hydrogen-bond donors (Lipinski definition) is 8. The largest absolute Gasteiger partial charge is 0.352 e. The molecule has 5 atom stereocenters. The van der Waals surface area contributed by atoms with Gasteiger partial charge < -0.3 is 58.1 Å². The average Bonchev–Trinajstić information content (AvgIpc) is 1.27. The monoisotopic (exact) mass is 1940 g/mol. The molecule has 694 valence electrons. The molecule has 2 bridgehead atoms. The van der Waals surface area contributed by atoms with Crippen LogP contribution in [0.5, 0.6) is 0 Å². The summed E-state index contributed by atoms with van der Waals surface area (Å²) in [4.78, 5) is 26.7. The van der Waals surface area contributed by atoms with Gasteiger partial charge >= 0.3 is 0 Å². The van der Waals surface area contributed by atoms with E-state index >= 15 is 0 Å². The lowest BCUT2D eigenvalue weighted by Crippen LogP contribution is -2.52. The molecule has 2 unspecified atom stereocenters. The lowest BCUT2D eigenvalue weighted by Gasteiger charge is -2.41.